The highest BCUT2D eigenvalue weighted by Crippen LogP contribution is 2.21. The molecule has 3 rings (SSSR count). The van der Waals surface area contributed by atoms with Gasteiger partial charge in [0.25, 0.3) is 0 Å². The largest absolute Gasteiger partial charge is 0.318 e. The lowest BCUT2D eigenvalue weighted by Crippen LogP contribution is -2.19. The number of halogens is 1. The van der Waals surface area contributed by atoms with Crippen LogP contribution in [-0.2, 0) is 11.2 Å². The third-order valence-electron chi connectivity index (χ3n) is 4.16. The number of aryl methyl sites for hydroxylation is 1. The number of benzene rings is 2. The number of hydrazone groups is 1. The van der Waals surface area contributed by atoms with Crippen molar-refractivity contribution in [3.63, 3.8) is 0 Å². The van der Waals surface area contributed by atoms with Gasteiger partial charge >= 0.3 is 0 Å². The van der Waals surface area contributed by atoms with Crippen LogP contribution in [0, 0.1) is 13.8 Å². The number of nitrogens with zero attached hydrogens (tertiary/aromatic N) is 2. The van der Waals surface area contributed by atoms with E-state index in [1.807, 2.05) is 49.4 Å². The minimum absolute atomic E-state index is 0.130. The van der Waals surface area contributed by atoms with E-state index in [2.05, 4.69) is 56.1 Å². The Labute approximate surface area is 161 Å². The summed E-state index contributed by atoms with van der Waals surface area (Å²) in [4.78, 5) is 12.0. The van der Waals surface area contributed by atoms with Gasteiger partial charge in [0, 0.05) is 27.1 Å². The van der Waals surface area contributed by atoms with Crippen LogP contribution in [0.4, 0.5) is 0 Å². The van der Waals surface area contributed by atoms with Crippen LogP contribution in [0.3, 0.4) is 0 Å². The molecular weight excluding hydrogens is 390 g/mol. The van der Waals surface area contributed by atoms with Crippen molar-refractivity contribution in [1.82, 2.24) is 9.99 Å². The molecule has 0 fully saturated rings. The van der Waals surface area contributed by atoms with Crippen molar-refractivity contribution in [3.05, 3.63) is 87.7 Å². The molecule has 0 bridgehead atoms. The smallest absolute Gasteiger partial charge is 0.244 e. The molecule has 0 aliphatic heterocycles. The van der Waals surface area contributed by atoms with Gasteiger partial charge < -0.3 is 4.57 Å². The van der Waals surface area contributed by atoms with E-state index in [1.165, 1.54) is 0 Å². The summed E-state index contributed by atoms with van der Waals surface area (Å²) in [6.45, 7) is 4.10. The fraction of sp³-hybridized carbons (Fsp3) is 0.143. The number of carbonyl (C=O) groups excluding carboxylic acids is 1. The second-order valence-electron chi connectivity index (χ2n) is 6.09. The maximum Gasteiger partial charge on any atom is 0.244 e. The van der Waals surface area contributed by atoms with Gasteiger partial charge in [-0.05, 0) is 49.7 Å². The summed E-state index contributed by atoms with van der Waals surface area (Å²) in [5.41, 5.74) is 7.82. The molecule has 0 atom stereocenters. The summed E-state index contributed by atoms with van der Waals surface area (Å²) < 4.78 is 3.21. The number of hydrogen-bond donors (Lipinski definition) is 1. The lowest BCUT2D eigenvalue weighted by molar-refractivity contribution is -0.120. The molecule has 0 saturated heterocycles. The summed E-state index contributed by atoms with van der Waals surface area (Å²) in [6, 6.07) is 19.8. The van der Waals surface area contributed by atoms with Gasteiger partial charge in [-0.2, -0.15) is 5.10 Å². The molecule has 0 saturated carbocycles. The molecule has 4 nitrogen and oxygen atoms in total. The first-order valence-electron chi connectivity index (χ1n) is 8.35. The SMILES string of the molecule is Cc1cc(/C=N\NC(=O)Cc2ccccc2)c(C)n1-c1ccc(Br)cc1. The van der Waals surface area contributed by atoms with Crippen molar-refractivity contribution in [3.8, 4) is 5.69 Å². The first-order valence-corrected chi connectivity index (χ1v) is 9.14. The Balaban J connectivity index is 1.70. The molecular formula is C21H20BrN3O. The lowest BCUT2D eigenvalue weighted by Gasteiger charge is -2.09. The van der Waals surface area contributed by atoms with Crippen LogP contribution in [0.1, 0.15) is 22.5 Å². The fourth-order valence-electron chi connectivity index (χ4n) is 2.90. The summed E-state index contributed by atoms with van der Waals surface area (Å²) in [6.07, 6.45) is 2.01. The van der Waals surface area contributed by atoms with E-state index in [4.69, 9.17) is 0 Å². The highest BCUT2D eigenvalue weighted by molar-refractivity contribution is 9.10. The van der Waals surface area contributed by atoms with Crippen LogP contribution >= 0.6 is 15.9 Å². The van der Waals surface area contributed by atoms with Gasteiger partial charge in [-0.3, -0.25) is 4.79 Å². The zero-order chi connectivity index (χ0) is 18.5. The standard InChI is InChI=1S/C21H20BrN3O/c1-15-12-18(16(2)25(15)20-10-8-19(22)9-11-20)14-23-24-21(26)13-17-6-4-3-5-7-17/h3-12,14H,13H2,1-2H3,(H,24,26)/b23-14-. The number of rotatable bonds is 5. The Morgan fingerprint density at radius 3 is 2.50 bits per heavy atom. The molecule has 5 heteroatoms. The summed E-state index contributed by atoms with van der Waals surface area (Å²) >= 11 is 3.46. The van der Waals surface area contributed by atoms with Crippen LogP contribution in [0.15, 0.2) is 70.2 Å². The highest BCUT2D eigenvalue weighted by atomic mass is 79.9. The van der Waals surface area contributed by atoms with Gasteiger partial charge in [-0.1, -0.05) is 46.3 Å². The van der Waals surface area contributed by atoms with Crippen molar-refractivity contribution in [2.75, 3.05) is 0 Å². The van der Waals surface area contributed by atoms with Crippen LogP contribution < -0.4 is 5.43 Å². The highest BCUT2D eigenvalue weighted by Gasteiger charge is 2.09. The van der Waals surface area contributed by atoms with E-state index in [0.29, 0.717) is 6.42 Å². The number of amides is 1. The van der Waals surface area contributed by atoms with E-state index in [-0.39, 0.29) is 5.91 Å². The van der Waals surface area contributed by atoms with Crippen molar-refractivity contribution in [1.29, 1.82) is 0 Å². The van der Waals surface area contributed by atoms with Crippen molar-refractivity contribution >= 4 is 28.1 Å². The first kappa shape index (κ1) is 18.1. The lowest BCUT2D eigenvalue weighted by atomic mass is 10.1. The molecule has 1 aromatic heterocycles. The van der Waals surface area contributed by atoms with E-state index < -0.39 is 0 Å². The molecule has 1 amide bonds. The molecule has 1 N–H and O–H groups in total. The minimum Gasteiger partial charge on any atom is -0.318 e. The van der Waals surface area contributed by atoms with E-state index in [0.717, 1.165) is 32.7 Å². The molecule has 0 aliphatic rings. The second kappa shape index (κ2) is 8.15. The van der Waals surface area contributed by atoms with E-state index >= 15 is 0 Å². The van der Waals surface area contributed by atoms with Gasteiger partial charge in [-0.15, -0.1) is 0 Å². The number of aromatic nitrogens is 1. The molecule has 1 heterocycles. The van der Waals surface area contributed by atoms with Gasteiger partial charge in [0.1, 0.15) is 0 Å². The van der Waals surface area contributed by atoms with E-state index in [1.54, 1.807) is 6.21 Å². The number of hydrogen-bond acceptors (Lipinski definition) is 2. The molecule has 132 valence electrons. The van der Waals surface area contributed by atoms with E-state index in [9.17, 15) is 4.79 Å². The Morgan fingerprint density at radius 2 is 1.81 bits per heavy atom. The van der Waals surface area contributed by atoms with Crippen molar-refractivity contribution in [2.45, 2.75) is 20.3 Å². The Kier molecular flexibility index (Phi) is 5.68. The molecule has 3 aromatic rings. The zero-order valence-corrected chi connectivity index (χ0v) is 16.3. The normalized spacial score (nSPS) is 11.0. The number of carbonyl (C=O) groups is 1. The van der Waals surface area contributed by atoms with Crippen LogP contribution in [0.5, 0.6) is 0 Å². The van der Waals surface area contributed by atoms with Crippen LogP contribution in [-0.4, -0.2) is 16.7 Å². The molecule has 0 spiro atoms. The maximum atomic E-state index is 12.0. The molecule has 26 heavy (non-hydrogen) atoms. The molecule has 2 aromatic carbocycles. The van der Waals surface area contributed by atoms with Crippen molar-refractivity contribution in [2.24, 2.45) is 5.10 Å². The Bertz CT molecular complexity index is 928. The quantitative estimate of drug-likeness (QED) is 0.487. The molecule has 0 aliphatic carbocycles. The maximum absolute atomic E-state index is 12.0. The van der Waals surface area contributed by atoms with Gasteiger partial charge in [0.15, 0.2) is 0 Å². The molecule has 0 unspecified atom stereocenters. The predicted molar refractivity (Wildman–Crippen MR) is 109 cm³/mol. The summed E-state index contributed by atoms with van der Waals surface area (Å²) in [7, 11) is 0. The Morgan fingerprint density at radius 1 is 1.12 bits per heavy atom. The Hall–Kier alpha value is -2.66. The van der Waals surface area contributed by atoms with Crippen LogP contribution in [0.2, 0.25) is 0 Å². The zero-order valence-electron chi connectivity index (χ0n) is 14.7. The molecule has 0 radical (unpaired) electrons. The topological polar surface area (TPSA) is 46.4 Å². The monoisotopic (exact) mass is 409 g/mol. The van der Waals surface area contributed by atoms with Crippen molar-refractivity contribution < 1.29 is 4.79 Å². The van der Waals surface area contributed by atoms with Gasteiger partial charge in [-0.25, -0.2) is 5.43 Å². The van der Waals surface area contributed by atoms with Gasteiger partial charge in [0.2, 0.25) is 5.91 Å². The van der Waals surface area contributed by atoms with Gasteiger partial charge in [0.05, 0.1) is 12.6 Å². The average molecular weight is 410 g/mol. The third-order valence-corrected chi connectivity index (χ3v) is 4.68. The third kappa shape index (κ3) is 4.29. The predicted octanol–water partition coefficient (Wildman–Crippen LogP) is 4.55. The fourth-order valence-corrected chi connectivity index (χ4v) is 3.16. The summed E-state index contributed by atoms with van der Waals surface area (Å²) in [5, 5.41) is 4.12. The number of nitrogens with one attached hydrogen (secondary N) is 1. The second-order valence-corrected chi connectivity index (χ2v) is 7.01. The summed E-state index contributed by atoms with van der Waals surface area (Å²) in [5.74, 6) is -0.130. The minimum atomic E-state index is -0.130. The van der Waals surface area contributed by atoms with Crippen LogP contribution in [0.25, 0.3) is 5.69 Å². The first-order chi connectivity index (χ1) is 12.5. The average Bonchev–Trinajstić information content (AvgIpc) is 2.90.